The summed E-state index contributed by atoms with van der Waals surface area (Å²) in [6.45, 7) is -0.561. The van der Waals surface area contributed by atoms with Gasteiger partial charge in [0.15, 0.2) is 17.0 Å². The van der Waals surface area contributed by atoms with E-state index in [0.29, 0.717) is 23.4 Å². The summed E-state index contributed by atoms with van der Waals surface area (Å²) in [5, 5.41) is 30.3. The Labute approximate surface area is 124 Å². The molecule has 1 fully saturated rings. The van der Waals surface area contributed by atoms with E-state index < -0.39 is 24.4 Å². The van der Waals surface area contributed by atoms with Crippen molar-refractivity contribution in [1.29, 1.82) is 0 Å². The first-order valence-electron chi connectivity index (χ1n) is 6.67. The Kier molecular flexibility index (Phi) is 3.88. The van der Waals surface area contributed by atoms with Crippen LogP contribution in [0.1, 0.15) is 12.6 Å². The summed E-state index contributed by atoms with van der Waals surface area (Å²) < 4.78 is 7.19. The number of rotatable bonds is 5. The minimum atomic E-state index is -1.01. The van der Waals surface area contributed by atoms with Crippen molar-refractivity contribution >= 4 is 23.0 Å². The molecule has 0 saturated carbocycles. The zero-order valence-corrected chi connectivity index (χ0v) is 11.5. The van der Waals surface area contributed by atoms with Crippen LogP contribution in [0.5, 0.6) is 0 Å². The van der Waals surface area contributed by atoms with Gasteiger partial charge in [-0.2, -0.15) is 0 Å². The van der Waals surface area contributed by atoms with Gasteiger partial charge in [-0.3, -0.25) is 9.36 Å². The molecule has 2 aromatic rings. The molecule has 3 heterocycles. The first kappa shape index (κ1) is 14.6. The number of hydrogen-bond acceptors (Lipinski definition) is 8. The van der Waals surface area contributed by atoms with Gasteiger partial charge in [-0.25, -0.2) is 15.0 Å². The molecule has 0 aliphatic carbocycles. The van der Waals surface area contributed by atoms with Crippen LogP contribution in [-0.2, 0) is 9.53 Å². The molecule has 0 unspecified atom stereocenters. The first-order chi connectivity index (χ1) is 10.6. The molecule has 3 atom stereocenters. The van der Waals surface area contributed by atoms with Gasteiger partial charge in [0.25, 0.3) is 0 Å². The number of imidazole rings is 1. The van der Waals surface area contributed by atoms with Gasteiger partial charge in [0.1, 0.15) is 25.2 Å². The third-order valence-corrected chi connectivity index (χ3v) is 3.46. The van der Waals surface area contributed by atoms with Crippen LogP contribution in [-0.4, -0.2) is 66.2 Å². The highest BCUT2D eigenvalue weighted by Crippen LogP contribution is 2.31. The molecule has 1 aliphatic rings. The van der Waals surface area contributed by atoms with E-state index in [9.17, 15) is 9.90 Å². The fraction of sp³-hybridized carbons (Fsp3) is 0.500. The Balaban J connectivity index is 1.89. The maximum Gasteiger partial charge on any atom is 0.322 e. The van der Waals surface area contributed by atoms with Gasteiger partial charge in [0.2, 0.25) is 0 Å². The number of anilines is 1. The van der Waals surface area contributed by atoms with Crippen molar-refractivity contribution in [1.82, 2.24) is 19.5 Å². The van der Waals surface area contributed by atoms with Crippen LogP contribution >= 0.6 is 0 Å². The van der Waals surface area contributed by atoms with Crippen molar-refractivity contribution in [2.45, 2.75) is 24.9 Å². The highest BCUT2D eigenvalue weighted by atomic mass is 16.5. The summed E-state index contributed by atoms with van der Waals surface area (Å²) in [7, 11) is 0. The molecule has 1 aliphatic heterocycles. The largest absolute Gasteiger partial charge is 0.480 e. The Morgan fingerprint density at radius 2 is 2.27 bits per heavy atom. The molecule has 22 heavy (non-hydrogen) atoms. The van der Waals surface area contributed by atoms with E-state index in [1.807, 2.05) is 0 Å². The molecule has 0 bridgehead atoms. The van der Waals surface area contributed by atoms with Crippen LogP contribution < -0.4 is 5.32 Å². The molecule has 0 aromatic carbocycles. The second-order valence-corrected chi connectivity index (χ2v) is 4.91. The van der Waals surface area contributed by atoms with Crippen LogP contribution in [0.15, 0.2) is 12.7 Å². The Morgan fingerprint density at radius 1 is 1.45 bits per heavy atom. The van der Waals surface area contributed by atoms with Crippen LogP contribution in [0.2, 0.25) is 0 Å². The third kappa shape index (κ3) is 2.58. The van der Waals surface area contributed by atoms with Gasteiger partial charge in [0.05, 0.1) is 19.0 Å². The number of fused-ring (bicyclic) bond motifs is 1. The zero-order valence-electron chi connectivity index (χ0n) is 11.5. The van der Waals surface area contributed by atoms with Gasteiger partial charge in [-0.15, -0.1) is 0 Å². The number of nitrogens with zero attached hydrogens (tertiary/aromatic N) is 4. The van der Waals surface area contributed by atoms with Crippen molar-refractivity contribution < 1.29 is 24.9 Å². The molecule has 10 heteroatoms. The SMILES string of the molecule is O=C(O)CNc1ncnc2c1ncn2[C@H]1C[C@H](O)[C@@H](CO)O1. The Hall–Kier alpha value is -2.30. The van der Waals surface area contributed by atoms with Crippen LogP contribution in [0.25, 0.3) is 11.2 Å². The second-order valence-electron chi connectivity index (χ2n) is 4.91. The van der Waals surface area contributed by atoms with Crippen molar-refractivity contribution in [3.8, 4) is 0 Å². The molecule has 1 saturated heterocycles. The summed E-state index contributed by atoms with van der Waals surface area (Å²) >= 11 is 0. The highest BCUT2D eigenvalue weighted by Gasteiger charge is 2.35. The average molecular weight is 309 g/mol. The van der Waals surface area contributed by atoms with Crippen molar-refractivity contribution in [2.75, 3.05) is 18.5 Å². The minimum absolute atomic E-state index is 0.273. The predicted octanol–water partition coefficient (Wildman–Crippen LogP) is -1.04. The minimum Gasteiger partial charge on any atom is -0.480 e. The quantitative estimate of drug-likeness (QED) is 0.544. The fourth-order valence-electron chi connectivity index (χ4n) is 2.40. The van der Waals surface area contributed by atoms with Crippen molar-refractivity contribution in [2.24, 2.45) is 0 Å². The molecular weight excluding hydrogens is 294 g/mol. The topological polar surface area (TPSA) is 143 Å². The fourth-order valence-corrected chi connectivity index (χ4v) is 2.40. The number of aliphatic hydroxyl groups is 2. The lowest BCUT2D eigenvalue weighted by molar-refractivity contribution is -0.134. The Morgan fingerprint density at radius 3 is 2.95 bits per heavy atom. The van der Waals surface area contributed by atoms with Gasteiger partial charge in [-0.05, 0) is 0 Å². The number of nitrogens with one attached hydrogen (secondary N) is 1. The molecule has 0 spiro atoms. The smallest absolute Gasteiger partial charge is 0.322 e. The molecule has 118 valence electrons. The summed E-state index contributed by atoms with van der Waals surface area (Å²) in [6.07, 6.45) is 1.17. The normalized spacial score (nSPS) is 24.7. The van der Waals surface area contributed by atoms with Crippen LogP contribution in [0, 0.1) is 0 Å². The average Bonchev–Trinajstić information content (AvgIpc) is 3.08. The van der Waals surface area contributed by atoms with Gasteiger partial charge < -0.3 is 25.4 Å². The predicted molar refractivity (Wildman–Crippen MR) is 73.1 cm³/mol. The molecule has 0 amide bonds. The van der Waals surface area contributed by atoms with Crippen LogP contribution in [0.3, 0.4) is 0 Å². The molecule has 3 rings (SSSR count). The van der Waals surface area contributed by atoms with Gasteiger partial charge >= 0.3 is 5.97 Å². The first-order valence-corrected chi connectivity index (χ1v) is 6.67. The number of aliphatic carboxylic acids is 1. The standard InChI is InChI=1S/C12H15N5O5/c18-3-7-6(19)1-8(22-7)17-5-16-10-11(13-2-9(20)21)14-4-15-12(10)17/h4-8,18-19H,1-3H2,(H,20,21)(H,13,14,15)/t6-,7+,8+/m0/s1. The summed E-state index contributed by atoms with van der Waals surface area (Å²) in [5.41, 5.74) is 0.868. The zero-order chi connectivity index (χ0) is 15.7. The molecule has 0 radical (unpaired) electrons. The third-order valence-electron chi connectivity index (χ3n) is 3.46. The maximum absolute atomic E-state index is 10.6. The molecule has 2 aromatic heterocycles. The number of hydrogen-bond donors (Lipinski definition) is 4. The second kappa shape index (κ2) is 5.83. The van der Waals surface area contributed by atoms with E-state index in [2.05, 4.69) is 20.3 Å². The monoisotopic (exact) mass is 309 g/mol. The lowest BCUT2D eigenvalue weighted by Gasteiger charge is -2.13. The molecular formula is C12H15N5O5. The van der Waals surface area contributed by atoms with E-state index in [1.54, 1.807) is 4.57 Å². The van der Waals surface area contributed by atoms with Crippen molar-refractivity contribution in [3.63, 3.8) is 0 Å². The molecule has 4 N–H and O–H groups in total. The summed E-state index contributed by atoms with van der Waals surface area (Å²) in [5.74, 6) is -0.706. The number of carboxylic acids is 1. The number of aromatic nitrogens is 4. The maximum atomic E-state index is 10.6. The number of carbonyl (C=O) groups is 1. The van der Waals surface area contributed by atoms with Crippen molar-refractivity contribution in [3.05, 3.63) is 12.7 Å². The highest BCUT2D eigenvalue weighted by molar-refractivity contribution is 5.84. The number of carboxylic acid groups (broad SMARTS) is 1. The van der Waals surface area contributed by atoms with E-state index >= 15 is 0 Å². The Bertz CT molecular complexity index is 690. The summed E-state index contributed by atoms with van der Waals surface area (Å²) in [4.78, 5) is 22.9. The van der Waals surface area contributed by atoms with Gasteiger partial charge in [0, 0.05) is 6.42 Å². The number of aliphatic hydroxyl groups excluding tert-OH is 2. The molecule has 10 nitrogen and oxygen atoms in total. The lowest BCUT2D eigenvalue weighted by Crippen LogP contribution is -2.24. The lowest BCUT2D eigenvalue weighted by atomic mass is 10.2. The van der Waals surface area contributed by atoms with E-state index in [0.717, 1.165) is 0 Å². The van der Waals surface area contributed by atoms with E-state index in [-0.39, 0.29) is 13.2 Å². The van der Waals surface area contributed by atoms with E-state index in [1.165, 1.54) is 12.7 Å². The number of ether oxygens (including phenoxy) is 1. The van der Waals surface area contributed by atoms with E-state index in [4.69, 9.17) is 14.9 Å². The summed E-state index contributed by atoms with van der Waals surface area (Å²) in [6, 6.07) is 0. The van der Waals surface area contributed by atoms with Crippen LogP contribution in [0.4, 0.5) is 5.82 Å². The van der Waals surface area contributed by atoms with Gasteiger partial charge in [-0.1, -0.05) is 0 Å².